The number of hydrogen-bond acceptors (Lipinski definition) is 7. The minimum atomic E-state index is -0.574. The summed E-state index contributed by atoms with van der Waals surface area (Å²) >= 11 is 0. The van der Waals surface area contributed by atoms with Gasteiger partial charge in [-0.1, -0.05) is 0 Å². The van der Waals surface area contributed by atoms with Crippen LogP contribution in [0.15, 0.2) is 42.7 Å². The van der Waals surface area contributed by atoms with Gasteiger partial charge in [0.05, 0.1) is 4.92 Å². The van der Waals surface area contributed by atoms with Crippen LogP contribution in [0.25, 0.3) is 11.4 Å². The van der Waals surface area contributed by atoms with Gasteiger partial charge in [0.25, 0.3) is 5.69 Å². The molecule has 4 rings (SSSR count). The number of nitro benzene ring substituents is 1. The molecule has 3 heterocycles. The topological polar surface area (TPSA) is 110 Å². The van der Waals surface area contributed by atoms with Crippen LogP contribution in [-0.2, 0) is 7.05 Å². The van der Waals surface area contributed by atoms with Crippen molar-refractivity contribution in [3.05, 3.63) is 64.4 Å². The maximum Gasteiger partial charge on any atom is 0.269 e. The van der Waals surface area contributed by atoms with Gasteiger partial charge in [-0.3, -0.25) is 10.1 Å². The zero-order valence-corrected chi connectivity index (χ0v) is 17.0. The van der Waals surface area contributed by atoms with E-state index in [4.69, 9.17) is 4.98 Å². The van der Waals surface area contributed by atoms with Crippen LogP contribution < -0.4 is 4.90 Å². The van der Waals surface area contributed by atoms with Crippen molar-refractivity contribution in [2.45, 2.75) is 25.9 Å². The van der Waals surface area contributed by atoms with E-state index < -0.39 is 11.0 Å². The number of aliphatic hydroxyl groups excluding tert-OH is 1. The van der Waals surface area contributed by atoms with Gasteiger partial charge in [0.15, 0.2) is 5.82 Å². The lowest BCUT2D eigenvalue weighted by atomic mass is 9.90. The number of imidazole rings is 1. The molecular formula is C21H24N6O3. The van der Waals surface area contributed by atoms with E-state index in [2.05, 4.69) is 14.9 Å². The second kappa shape index (κ2) is 8.19. The Kier molecular flexibility index (Phi) is 5.45. The van der Waals surface area contributed by atoms with Crippen LogP contribution in [0, 0.1) is 23.0 Å². The molecule has 9 nitrogen and oxygen atoms in total. The smallest absolute Gasteiger partial charge is 0.269 e. The molecule has 1 saturated heterocycles. The van der Waals surface area contributed by atoms with Gasteiger partial charge in [-0.05, 0) is 37.8 Å². The van der Waals surface area contributed by atoms with Gasteiger partial charge >= 0.3 is 0 Å². The summed E-state index contributed by atoms with van der Waals surface area (Å²) in [4.78, 5) is 26.1. The second-order valence-electron chi connectivity index (χ2n) is 7.66. The number of aryl methyl sites for hydroxylation is 2. The van der Waals surface area contributed by atoms with E-state index in [0.717, 1.165) is 43.0 Å². The number of nitrogens with zero attached hydrogens (tertiary/aromatic N) is 6. The summed E-state index contributed by atoms with van der Waals surface area (Å²) in [6.07, 6.45) is 4.65. The van der Waals surface area contributed by atoms with Crippen molar-refractivity contribution in [1.29, 1.82) is 0 Å². The third-order valence-corrected chi connectivity index (χ3v) is 5.61. The van der Waals surface area contributed by atoms with E-state index >= 15 is 0 Å². The Labute approximate surface area is 174 Å². The first-order chi connectivity index (χ1) is 14.4. The van der Waals surface area contributed by atoms with Crippen molar-refractivity contribution in [3.63, 3.8) is 0 Å². The Balaban J connectivity index is 1.49. The van der Waals surface area contributed by atoms with Crippen LogP contribution in [0.1, 0.15) is 30.5 Å². The van der Waals surface area contributed by atoms with Crippen molar-refractivity contribution in [2.24, 2.45) is 13.0 Å². The molecular weight excluding hydrogens is 384 g/mol. The van der Waals surface area contributed by atoms with E-state index in [-0.39, 0.29) is 11.6 Å². The number of aromatic nitrogens is 4. The first-order valence-electron chi connectivity index (χ1n) is 9.93. The summed E-state index contributed by atoms with van der Waals surface area (Å²) in [6, 6.07) is 8.22. The van der Waals surface area contributed by atoms with Crippen LogP contribution in [0.3, 0.4) is 0 Å². The number of rotatable bonds is 5. The fraction of sp³-hybridized carbons (Fsp3) is 0.381. The van der Waals surface area contributed by atoms with Crippen LogP contribution in [0.4, 0.5) is 11.5 Å². The molecule has 1 aromatic carbocycles. The highest BCUT2D eigenvalue weighted by molar-refractivity contribution is 5.60. The Morgan fingerprint density at radius 2 is 1.90 bits per heavy atom. The summed E-state index contributed by atoms with van der Waals surface area (Å²) < 4.78 is 1.86. The van der Waals surface area contributed by atoms with Gasteiger partial charge in [-0.2, -0.15) is 0 Å². The SMILES string of the molecule is Cc1cc(N2CCC(C(O)c3nccn3C)CC2)nc(-c2ccc([N+](=O)[O-])cc2)n1. The van der Waals surface area contributed by atoms with Crippen LogP contribution in [0.2, 0.25) is 0 Å². The van der Waals surface area contributed by atoms with Crippen molar-refractivity contribution in [2.75, 3.05) is 18.0 Å². The van der Waals surface area contributed by atoms with Crippen molar-refractivity contribution in [1.82, 2.24) is 19.5 Å². The molecule has 1 fully saturated rings. The summed E-state index contributed by atoms with van der Waals surface area (Å²) in [7, 11) is 1.89. The standard InChI is InChI=1S/C21H24N6O3/c1-14-13-18(24-20(23-14)16-3-5-17(6-4-16)27(29)30)26-10-7-15(8-11-26)19(28)21-22-9-12-25(21)2/h3-6,9,12-13,15,19,28H,7-8,10-11H2,1-2H3. The summed E-state index contributed by atoms with van der Waals surface area (Å²) in [5.41, 5.74) is 1.62. The average Bonchev–Trinajstić information content (AvgIpc) is 3.19. The fourth-order valence-electron chi connectivity index (χ4n) is 3.89. The number of anilines is 1. The summed E-state index contributed by atoms with van der Waals surface area (Å²) in [5, 5.41) is 21.6. The van der Waals surface area contributed by atoms with E-state index in [1.165, 1.54) is 12.1 Å². The lowest BCUT2D eigenvalue weighted by molar-refractivity contribution is -0.384. The lowest BCUT2D eigenvalue weighted by Gasteiger charge is -2.34. The van der Waals surface area contributed by atoms with Crippen LogP contribution in [-0.4, -0.2) is 42.6 Å². The highest BCUT2D eigenvalue weighted by atomic mass is 16.6. The lowest BCUT2D eigenvalue weighted by Crippen LogP contribution is -2.36. The monoisotopic (exact) mass is 408 g/mol. The Morgan fingerprint density at radius 1 is 1.20 bits per heavy atom. The molecule has 0 saturated carbocycles. The van der Waals surface area contributed by atoms with E-state index in [9.17, 15) is 15.2 Å². The summed E-state index contributed by atoms with van der Waals surface area (Å²) in [6.45, 7) is 3.47. The summed E-state index contributed by atoms with van der Waals surface area (Å²) in [5.74, 6) is 2.24. The Morgan fingerprint density at radius 3 is 2.50 bits per heavy atom. The van der Waals surface area contributed by atoms with E-state index in [0.29, 0.717) is 11.6 Å². The molecule has 0 spiro atoms. The molecule has 0 amide bonds. The second-order valence-corrected chi connectivity index (χ2v) is 7.66. The molecule has 9 heteroatoms. The normalized spacial score (nSPS) is 15.9. The fourth-order valence-corrected chi connectivity index (χ4v) is 3.89. The predicted molar refractivity (Wildman–Crippen MR) is 112 cm³/mol. The molecule has 1 atom stereocenters. The largest absolute Gasteiger partial charge is 0.385 e. The molecule has 1 aliphatic rings. The third kappa shape index (κ3) is 4.02. The third-order valence-electron chi connectivity index (χ3n) is 5.61. The Hall–Kier alpha value is -3.33. The van der Waals surface area contributed by atoms with Crippen LogP contribution >= 0.6 is 0 Å². The van der Waals surface area contributed by atoms with Crippen molar-refractivity contribution < 1.29 is 10.0 Å². The van der Waals surface area contributed by atoms with Gasteiger partial charge in [0.2, 0.25) is 0 Å². The molecule has 2 aromatic heterocycles. The van der Waals surface area contributed by atoms with Crippen molar-refractivity contribution >= 4 is 11.5 Å². The number of non-ortho nitro benzene ring substituents is 1. The molecule has 3 aromatic rings. The van der Waals surface area contributed by atoms with Gasteiger partial charge in [-0.15, -0.1) is 0 Å². The van der Waals surface area contributed by atoms with Gasteiger partial charge in [0.1, 0.15) is 17.7 Å². The maximum absolute atomic E-state index is 10.9. The van der Waals surface area contributed by atoms with Gasteiger partial charge < -0.3 is 14.6 Å². The average molecular weight is 408 g/mol. The first-order valence-corrected chi connectivity index (χ1v) is 9.93. The molecule has 1 aliphatic heterocycles. The number of hydrogen-bond donors (Lipinski definition) is 1. The number of aliphatic hydroxyl groups is 1. The molecule has 156 valence electrons. The number of benzene rings is 1. The molecule has 0 aliphatic carbocycles. The van der Waals surface area contributed by atoms with E-state index in [1.54, 1.807) is 18.3 Å². The highest BCUT2D eigenvalue weighted by Gasteiger charge is 2.29. The molecule has 0 radical (unpaired) electrons. The zero-order chi connectivity index (χ0) is 21.3. The minimum absolute atomic E-state index is 0.0416. The number of nitro groups is 1. The van der Waals surface area contributed by atoms with Crippen molar-refractivity contribution in [3.8, 4) is 11.4 Å². The zero-order valence-electron chi connectivity index (χ0n) is 17.0. The van der Waals surface area contributed by atoms with Crippen LogP contribution in [0.5, 0.6) is 0 Å². The molecule has 1 unspecified atom stereocenters. The minimum Gasteiger partial charge on any atom is -0.385 e. The van der Waals surface area contributed by atoms with Gasteiger partial charge in [-0.25, -0.2) is 15.0 Å². The van der Waals surface area contributed by atoms with Gasteiger partial charge in [0, 0.05) is 62.0 Å². The molecule has 0 bridgehead atoms. The molecule has 1 N–H and O–H groups in total. The maximum atomic E-state index is 10.9. The highest BCUT2D eigenvalue weighted by Crippen LogP contribution is 2.32. The Bertz CT molecular complexity index is 1040. The predicted octanol–water partition coefficient (Wildman–Crippen LogP) is 3.04. The number of piperidine rings is 1. The molecule has 30 heavy (non-hydrogen) atoms. The van der Waals surface area contributed by atoms with E-state index in [1.807, 2.05) is 30.8 Å². The first kappa shape index (κ1) is 20.0. The quantitative estimate of drug-likeness (QED) is 0.510.